The molecule has 1 fully saturated rings. The van der Waals surface area contributed by atoms with E-state index in [4.69, 9.17) is 5.84 Å². The molecule has 1 aromatic rings. The Balaban J connectivity index is 2.04. The van der Waals surface area contributed by atoms with E-state index in [1.165, 1.54) is 6.26 Å². The number of hydrogen-bond donors (Lipinski definition) is 2. The maximum Gasteiger partial charge on any atom is 0.150 e. The fraction of sp³-hybridized carbons (Fsp3) is 0.643. The Kier molecular flexibility index (Phi) is 5.12. The summed E-state index contributed by atoms with van der Waals surface area (Å²) in [5.41, 5.74) is 3.84. The Morgan fingerprint density at radius 3 is 2.85 bits per heavy atom. The molecular weight excluding hydrogens is 274 g/mol. The van der Waals surface area contributed by atoms with Gasteiger partial charge in [-0.2, -0.15) is 0 Å². The van der Waals surface area contributed by atoms with E-state index in [0.29, 0.717) is 6.42 Å². The number of pyridine rings is 1. The summed E-state index contributed by atoms with van der Waals surface area (Å²) in [5.74, 6) is 5.97. The fourth-order valence-corrected chi connectivity index (χ4v) is 4.23. The number of hydrazine groups is 1. The molecule has 0 saturated heterocycles. The molecule has 0 radical (unpaired) electrons. The average molecular weight is 297 g/mol. The highest BCUT2D eigenvalue weighted by molar-refractivity contribution is 7.91. The summed E-state index contributed by atoms with van der Waals surface area (Å²) in [7, 11) is -2.96. The molecule has 0 aliphatic heterocycles. The van der Waals surface area contributed by atoms with Crippen molar-refractivity contribution in [3.05, 3.63) is 30.1 Å². The zero-order valence-corrected chi connectivity index (χ0v) is 12.6. The number of rotatable bonds is 5. The first kappa shape index (κ1) is 15.4. The highest BCUT2D eigenvalue weighted by atomic mass is 32.2. The van der Waals surface area contributed by atoms with Crippen molar-refractivity contribution in [3.63, 3.8) is 0 Å². The van der Waals surface area contributed by atoms with Gasteiger partial charge in [0.15, 0.2) is 0 Å². The van der Waals surface area contributed by atoms with Gasteiger partial charge in [-0.05, 0) is 37.3 Å². The maximum atomic E-state index is 11.7. The number of sulfone groups is 1. The van der Waals surface area contributed by atoms with Crippen LogP contribution >= 0.6 is 0 Å². The quantitative estimate of drug-likeness (QED) is 0.627. The third-order valence-corrected chi connectivity index (χ3v) is 5.85. The van der Waals surface area contributed by atoms with Gasteiger partial charge in [0, 0.05) is 30.6 Å². The van der Waals surface area contributed by atoms with Gasteiger partial charge in [0.2, 0.25) is 0 Å². The number of nitrogens with one attached hydrogen (secondary N) is 1. The lowest BCUT2D eigenvalue weighted by molar-refractivity contribution is 0.268. The number of aromatic nitrogens is 1. The van der Waals surface area contributed by atoms with Crippen LogP contribution in [0.25, 0.3) is 0 Å². The molecule has 0 spiro atoms. The lowest BCUT2D eigenvalue weighted by Crippen LogP contribution is -2.45. The van der Waals surface area contributed by atoms with Gasteiger partial charge in [0.05, 0.1) is 5.25 Å². The Bertz CT molecular complexity index is 518. The van der Waals surface area contributed by atoms with Crippen LogP contribution in [-0.2, 0) is 16.3 Å². The summed E-state index contributed by atoms with van der Waals surface area (Å²) >= 11 is 0. The predicted molar refractivity (Wildman–Crippen MR) is 79.6 cm³/mol. The van der Waals surface area contributed by atoms with Gasteiger partial charge in [-0.15, -0.1) is 0 Å². The molecule has 2 rings (SSSR count). The molecule has 3 atom stereocenters. The van der Waals surface area contributed by atoms with E-state index in [1.54, 1.807) is 6.20 Å². The van der Waals surface area contributed by atoms with E-state index in [2.05, 4.69) is 10.4 Å². The Morgan fingerprint density at radius 1 is 1.45 bits per heavy atom. The number of nitrogens with zero attached hydrogens (tertiary/aromatic N) is 1. The third-order valence-electron chi connectivity index (χ3n) is 4.21. The highest BCUT2D eigenvalue weighted by Crippen LogP contribution is 2.31. The molecule has 0 aromatic carbocycles. The molecule has 1 aliphatic carbocycles. The van der Waals surface area contributed by atoms with E-state index < -0.39 is 9.84 Å². The van der Waals surface area contributed by atoms with Crippen LogP contribution in [0.2, 0.25) is 0 Å². The van der Waals surface area contributed by atoms with Crippen molar-refractivity contribution in [3.8, 4) is 0 Å². The molecule has 1 saturated carbocycles. The van der Waals surface area contributed by atoms with Gasteiger partial charge >= 0.3 is 0 Å². The molecule has 1 aromatic heterocycles. The molecular formula is C14H23N3O2S. The van der Waals surface area contributed by atoms with Crippen LogP contribution < -0.4 is 11.3 Å². The van der Waals surface area contributed by atoms with E-state index >= 15 is 0 Å². The topological polar surface area (TPSA) is 85.1 Å². The zero-order chi connectivity index (χ0) is 14.6. The van der Waals surface area contributed by atoms with E-state index in [-0.39, 0.29) is 17.2 Å². The fourth-order valence-electron chi connectivity index (χ4n) is 3.04. The van der Waals surface area contributed by atoms with E-state index in [9.17, 15) is 8.42 Å². The Labute approximate surface area is 120 Å². The van der Waals surface area contributed by atoms with Crippen LogP contribution in [0.5, 0.6) is 0 Å². The minimum atomic E-state index is -2.96. The summed E-state index contributed by atoms with van der Waals surface area (Å²) in [4.78, 5) is 4.32. The largest absolute Gasteiger partial charge is 0.271 e. The molecule has 1 heterocycles. The van der Waals surface area contributed by atoms with Crippen LogP contribution in [0.4, 0.5) is 0 Å². The van der Waals surface area contributed by atoms with Crippen molar-refractivity contribution in [1.82, 2.24) is 10.4 Å². The number of hydrogen-bond acceptors (Lipinski definition) is 5. The Hall–Kier alpha value is -0.980. The van der Waals surface area contributed by atoms with Crippen molar-refractivity contribution in [1.29, 1.82) is 0 Å². The molecule has 6 heteroatoms. The monoisotopic (exact) mass is 297 g/mol. The first-order chi connectivity index (χ1) is 9.50. The maximum absolute atomic E-state index is 11.7. The predicted octanol–water partition coefficient (Wildman–Crippen LogP) is 1.06. The standard InChI is InChI=1S/C14H23N3O2S/c1-20(18,19)13-7-4-5-11(9-13)14(17-15)10-12-6-2-3-8-16-12/h2-3,6,8,11,13-14,17H,4-5,7,9-10,15H2,1H3. The average Bonchev–Trinajstić information content (AvgIpc) is 2.45. The molecule has 112 valence electrons. The molecule has 1 aliphatic rings. The normalized spacial score (nSPS) is 25.3. The van der Waals surface area contributed by atoms with Crippen LogP contribution in [0.3, 0.4) is 0 Å². The first-order valence-electron chi connectivity index (χ1n) is 7.05. The molecule has 20 heavy (non-hydrogen) atoms. The molecule has 0 bridgehead atoms. The van der Waals surface area contributed by atoms with Gasteiger partial charge < -0.3 is 0 Å². The van der Waals surface area contributed by atoms with Crippen molar-refractivity contribution in [2.24, 2.45) is 11.8 Å². The van der Waals surface area contributed by atoms with Gasteiger partial charge in [0.1, 0.15) is 9.84 Å². The van der Waals surface area contributed by atoms with Gasteiger partial charge in [-0.25, -0.2) is 8.42 Å². The van der Waals surface area contributed by atoms with Crippen LogP contribution in [-0.4, -0.2) is 30.9 Å². The second-order valence-corrected chi connectivity index (χ2v) is 8.00. The van der Waals surface area contributed by atoms with Crippen molar-refractivity contribution in [2.75, 3.05) is 6.26 Å². The van der Waals surface area contributed by atoms with Crippen molar-refractivity contribution >= 4 is 9.84 Å². The second kappa shape index (κ2) is 6.65. The molecule has 0 amide bonds. The Morgan fingerprint density at radius 2 is 2.25 bits per heavy atom. The van der Waals surface area contributed by atoms with Gasteiger partial charge in [-0.3, -0.25) is 16.3 Å². The summed E-state index contributed by atoms with van der Waals surface area (Å²) in [5, 5.41) is -0.221. The van der Waals surface area contributed by atoms with E-state index in [1.807, 2.05) is 18.2 Å². The number of nitrogens with two attached hydrogens (primary N) is 1. The van der Waals surface area contributed by atoms with Crippen molar-refractivity contribution < 1.29 is 8.42 Å². The van der Waals surface area contributed by atoms with Crippen LogP contribution in [0.1, 0.15) is 31.4 Å². The summed E-state index contributed by atoms with van der Waals surface area (Å²) in [6, 6.07) is 5.89. The minimum Gasteiger partial charge on any atom is -0.271 e. The third kappa shape index (κ3) is 4.01. The van der Waals surface area contributed by atoms with Crippen LogP contribution in [0.15, 0.2) is 24.4 Å². The SMILES string of the molecule is CS(=O)(=O)C1CCCC(C(Cc2ccccn2)NN)C1. The minimum absolute atomic E-state index is 0.0782. The highest BCUT2D eigenvalue weighted by Gasteiger charge is 2.32. The lowest BCUT2D eigenvalue weighted by Gasteiger charge is -2.33. The summed E-state index contributed by atoms with van der Waals surface area (Å²) < 4.78 is 23.5. The summed E-state index contributed by atoms with van der Waals surface area (Å²) in [6.07, 6.45) is 7.28. The van der Waals surface area contributed by atoms with Crippen molar-refractivity contribution in [2.45, 2.75) is 43.4 Å². The van der Waals surface area contributed by atoms with E-state index in [0.717, 1.165) is 31.4 Å². The molecule has 5 nitrogen and oxygen atoms in total. The van der Waals surface area contributed by atoms with Gasteiger partial charge in [-0.1, -0.05) is 12.5 Å². The summed E-state index contributed by atoms with van der Waals surface area (Å²) in [6.45, 7) is 0. The molecule has 3 unspecified atom stereocenters. The molecule has 3 N–H and O–H groups in total. The van der Waals surface area contributed by atoms with Crippen LogP contribution in [0, 0.1) is 5.92 Å². The second-order valence-electron chi connectivity index (χ2n) is 5.68. The lowest BCUT2D eigenvalue weighted by atomic mass is 9.82. The first-order valence-corrected chi connectivity index (χ1v) is 9.01. The smallest absolute Gasteiger partial charge is 0.150 e. The zero-order valence-electron chi connectivity index (χ0n) is 11.8. The van der Waals surface area contributed by atoms with Gasteiger partial charge in [0.25, 0.3) is 0 Å².